The summed E-state index contributed by atoms with van der Waals surface area (Å²) in [6, 6.07) is 5.84. The number of hydrogen-bond acceptors (Lipinski definition) is 7. The fourth-order valence-corrected chi connectivity index (χ4v) is 4.36. The maximum atomic E-state index is 12.9. The second kappa shape index (κ2) is 8.09. The first-order valence-electron chi connectivity index (χ1n) is 10.7. The molecule has 6 rings (SSSR count). The third-order valence-electron chi connectivity index (χ3n) is 6.20. The Bertz CT molecular complexity index is 1090. The lowest BCUT2D eigenvalue weighted by molar-refractivity contribution is -0.274. The third-order valence-corrected chi connectivity index (χ3v) is 6.20. The van der Waals surface area contributed by atoms with Gasteiger partial charge >= 0.3 is 12.3 Å². The Morgan fingerprint density at radius 2 is 2.00 bits per heavy atom. The van der Waals surface area contributed by atoms with E-state index in [1.807, 2.05) is 0 Å². The number of carbonyl (C=O) groups excluding carboxylic acids is 1. The molecule has 176 valence electrons. The van der Waals surface area contributed by atoms with E-state index >= 15 is 0 Å². The summed E-state index contributed by atoms with van der Waals surface area (Å²) in [7, 11) is 1.34. The van der Waals surface area contributed by atoms with Crippen LogP contribution in [0.3, 0.4) is 0 Å². The summed E-state index contributed by atoms with van der Waals surface area (Å²) in [6.07, 6.45) is -1.30. The molecule has 2 aliphatic carbocycles. The molecular weight excluding hydrogens is 443 g/mol. The number of rotatable bonds is 8. The molecule has 0 radical (unpaired) electrons. The highest BCUT2D eigenvalue weighted by atomic mass is 19.4. The summed E-state index contributed by atoms with van der Waals surface area (Å²) in [5, 5.41) is 4.07. The second-order valence-electron chi connectivity index (χ2n) is 8.48. The molecule has 2 bridgehead atoms. The second-order valence-corrected chi connectivity index (χ2v) is 8.48. The molecule has 1 aromatic carbocycles. The molecule has 1 unspecified atom stereocenters. The van der Waals surface area contributed by atoms with E-state index in [1.54, 1.807) is 6.07 Å². The van der Waals surface area contributed by atoms with Crippen LogP contribution in [-0.4, -0.2) is 36.8 Å². The zero-order valence-corrected chi connectivity index (χ0v) is 17.9. The molecule has 0 N–H and O–H groups in total. The minimum atomic E-state index is -4.83. The quantitative estimate of drug-likeness (QED) is 0.507. The lowest BCUT2D eigenvalue weighted by Gasteiger charge is -2.46. The maximum Gasteiger partial charge on any atom is 0.573 e. The molecule has 1 saturated carbocycles. The molecular formula is C23H22F3NO6. The van der Waals surface area contributed by atoms with Crippen LogP contribution >= 0.6 is 0 Å². The first-order chi connectivity index (χ1) is 15.8. The number of carbonyl (C=O) groups is 1. The number of hydrogen-bond donors (Lipinski definition) is 0. The fourth-order valence-electron chi connectivity index (χ4n) is 4.36. The van der Waals surface area contributed by atoms with Crippen molar-refractivity contribution in [2.24, 2.45) is 0 Å². The smallest absolute Gasteiger partial charge is 0.479 e. The minimum Gasteiger partial charge on any atom is -0.479 e. The highest BCUT2D eigenvalue weighted by Crippen LogP contribution is 2.49. The number of methoxy groups -OCH3 is 1. The number of alkyl halides is 3. The Labute approximate surface area is 187 Å². The van der Waals surface area contributed by atoms with Gasteiger partial charge in [0.2, 0.25) is 5.60 Å². The van der Waals surface area contributed by atoms with Crippen LogP contribution in [0, 0.1) is 0 Å². The first kappa shape index (κ1) is 21.8. The minimum absolute atomic E-state index is 0.115. The van der Waals surface area contributed by atoms with Gasteiger partial charge in [-0.15, -0.1) is 13.2 Å². The zero-order valence-electron chi connectivity index (χ0n) is 17.9. The number of fused-ring (bicyclic) bond motifs is 2. The average Bonchev–Trinajstić information content (AvgIpc) is 3.52. The lowest BCUT2D eigenvalue weighted by atomic mass is 9.79. The van der Waals surface area contributed by atoms with Gasteiger partial charge in [-0.25, -0.2) is 4.79 Å². The topological polar surface area (TPSA) is 80.0 Å². The van der Waals surface area contributed by atoms with Crippen molar-refractivity contribution < 1.29 is 41.4 Å². The molecule has 1 aromatic heterocycles. The Balaban J connectivity index is 1.33. The van der Waals surface area contributed by atoms with Crippen molar-refractivity contribution in [2.75, 3.05) is 13.7 Å². The largest absolute Gasteiger partial charge is 0.573 e. The SMILES string of the molecule is COC(=O)C12CCC(COCc3c(-c4ccccc4OC(F)(F)F)noc3C3CC3)=C(C1)O2. The third kappa shape index (κ3) is 4.19. The van der Waals surface area contributed by atoms with Gasteiger partial charge in [0.1, 0.15) is 23.0 Å². The zero-order chi connectivity index (χ0) is 23.2. The van der Waals surface area contributed by atoms with Crippen LogP contribution in [0.15, 0.2) is 40.1 Å². The highest BCUT2D eigenvalue weighted by molar-refractivity contribution is 5.82. The van der Waals surface area contributed by atoms with Crippen molar-refractivity contribution >= 4 is 5.97 Å². The van der Waals surface area contributed by atoms with E-state index in [1.165, 1.54) is 25.3 Å². The molecule has 3 heterocycles. The monoisotopic (exact) mass is 465 g/mol. The van der Waals surface area contributed by atoms with Gasteiger partial charge in [0, 0.05) is 23.5 Å². The molecule has 1 atom stereocenters. The van der Waals surface area contributed by atoms with E-state index in [2.05, 4.69) is 9.89 Å². The van der Waals surface area contributed by atoms with Gasteiger partial charge in [0.05, 0.1) is 26.7 Å². The summed E-state index contributed by atoms with van der Waals surface area (Å²) in [5.41, 5.74) is 1.19. The van der Waals surface area contributed by atoms with Crippen LogP contribution in [0.2, 0.25) is 0 Å². The van der Waals surface area contributed by atoms with Gasteiger partial charge in [0.25, 0.3) is 0 Å². The number of halogens is 3. The normalized spacial score (nSPS) is 21.9. The number of esters is 1. The molecule has 10 heteroatoms. The van der Waals surface area contributed by atoms with Crippen LogP contribution in [0.4, 0.5) is 13.2 Å². The number of aromatic nitrogens is 1. The van der Waals surface area contributed by atoms with Gasteiger partial charge in [-0.05, 0) is 37.0 Å². The standard InChI is InChI=1S/C23H22F3NO6/c1-29-21(28)22-9-8-14(18(10-22)31-22)11-30-12-16-19(27-33-20(16)13-6-7-13)15-4-2-3-5-17(15)32-23(24,25)26/h2-5,13H,6-12H2,1H3. The average molecular weight is 465 g/mol. The summed E-state index contributed by atoms with van der Waals surface area (Å²) < 4.78 is 64.9. The van der Waals surface area contributed by atoms with Crippen molar-refractivity contribution in [3.63, 3.8) is 0 Å². The predicted octanol–water partition coefficient (Wildman–Crippen LogP) is 5.01. The highest BCUT2D eigenvalue weighted by Gasteiger charge is 2.54. The van der Waals surface area contributed by atoms with Crippen molar-refractivity contribution in [3.05, 3.63) is 46.9 Å². The van der Waals surface area contributed by atoms with E-state index in [0.717, 1.165) is 24.2 Å². The number of para-hydroxylation sites is 1. The summed E-state index contributed by atoms with van der Waals surface area (Å²) >= 11 is 0. The number of nitrogens with zero attached hydrogens (tertiary/aromatic N) is 1. The van der Waals surface area contributed by atoms with Gasteiger partial charge in [-0.1, -0.05) is 17.3 Å². The molecule has 7 nitrogen and oxygen atoms in total. The molecule has 4 aliphatic rings. The van der Waals surface area contributed by atoms with Crippen LogP contribution in [0.25, 0.3) is 11.3 Å². The molecule has 33 heavy (non-hydrogen) atoms. The molecule has 2 aromatic rings. The van der Waals surface area contributed by atoms with Crippen LogP contribution in [-0.2, 0) is 25.6 Å². The molecule has 1 saturated heterocycles. The Morgan fingerprint density at radius 3 is 2.64 bits per heavy atom. The number of benzene rings is 1. The van der Waals surface area contributed by atoms with E-state index in [0.29, 0.717) is 30.6 Å². The van der Waals surface area contributed by atoms with Crippen molar-refractivity contribution in [2.45, 2.75) is 56.6 Å². The summed E-state index contributed by atoms with van der Waals surface area (Å²) in [4.78, 5) is 11.9. The Hall–Kier alpha value is -3.01. The Kier molecular flexibility index (Phi) is 5.35. The molecule has 2 fully saturated rings. The first-order valence-corrected chi connectivity index (χ1v) is 10.7. The van der Waals surface area contributed by atoms with Crippen LogP contribution in [0.1, 0.15) is 49.3 Å². The van der Waals surface area contributed by atoms with Gasteiger partial charge in [-0.2, -0.15) is 0 Å². The van der Waals surface area contributed by atoms with Gasteiger partial charge in [0.15, 0.2) is 0 Å². The summed E-state index contributed by atoms with van der Waals surface area (Å²) in [5.74, 6) is 0.851. The van der Waals surface area contributed by atoms with Gasteiger partial charge in [-0.3, -0.25) is 0 Å². The molecule has 2 aliphatic heterocycles. The van der Waals surface area contributed by atoms with Crippen molar-refractivity contribution in [1.82, 2.24) is 5.16 Å². The Morgan fingerprint density at radius 1 is 1.24 bits per heavy atom. The van der Waals surface area contributed by atoms with Crippen molar-refractivity contribution in [3.8, 4) is 17.0 Å². The summed E-state index contributed by atoms with van der Waals surface area (Å²) in [6.45, 7) is 0.395. The maximum absolute atomic E-state index is 12.9. The number of ether oxygens (including phenoxy) is 4. The van der Waals surface area contributed by atoms with E-state index in [4.69, 9.17) is 18.7 Å². The molecule has 0 amide bonds. The van der Waals surface area contributed by atoms with Crippen LogP contribution in [0.5, 0.6) is 5.75 Å². The molecule has 0 spiro atoms. The van der Waals surface area contributed by atoms with E-state index < -0.39 is 12.0 Å². The van der Waals surface area contributed by atoms with E-state index in [9.17, 15) is 18.0 Å². The van der Waals surface area contributed by atoms with Gasteiger partial charge < -0.3 is 23.5 Å². The fraction of sp³-hybridized carbons (Fsp3) is 0.478. The van der Waals surface area contributed by atoms with Crippen LogP contribution < -0.4 is 4.74 Å². The lowest BCUT2D eigenvalue weighted by Crippen LogP contribution is -2.53. The predicted molar refractivity (Wildman–Crippen MR) is 107 cm³/mol. The van der Waals surface area contributed by atoms with E-state index in [-0.39, 0.29) is 42.1 Å². The van der Waals surface area contributed by atoms with Crippen molar-refractivity contribution in [1.29, 1.82) is 0 Å².